The van der Waals surface area contributed by atoms with Crippen molar-refractivity contribution in [3.8, 4) is 0 Å². The minimum absolute atomic E-state index is 0.349. The number of anilines is 1. The highest BCUT2D eigenvalue weighted by atomic mass is 32.2. The largest absolute Gasteiger partial charge is 0.369 e. The fourth-order valence-corrected chi connectivity index (χ4v) is 3.58. The summed E-state index contributed by atoms with van der Waals surface area (Å²) in [6.45, 7) is 4.73. The Hall–Kier alpha value is -1.11. The summed E-state index contributed by atoms with van der Waals surface area (Å²) in [5, 5.41) is 3.46. The molecule has 1 heterocycles. The number of likely N-dealkylation sites (N-methyl/N-ethyl adjacent to an activating group) is 1. The van der Waals surface area contributed by atoms with Crippen LogP contribution in [-0.4, -0.2) is 41.1 Å². The Morgan fingerprint density at radius 3 is 2.75 bits per heavy atom. The summed E-state index contributed by atoms with van der Waals surface area (Å²) in [5.41, 5.74) is 0.776. The zero-order valence-electron chi connectivity index (χ0n) is 12.1. The smallest absolute Gasteiger partial charge is 0.242 e. The third-order valence-corrected chi connectivity index (χ3v) is 5.21. The van der Waals surface area contributed by atoms with Gasteiger partial charge in [0.05, 0.1) is 5.69 Å². The lowest BCUT2D eigenvalue weighted by molar-refractivity contribution is 0.577. The molecule has 1 aliphatic rings. The number of para-hydroxylation sites is 1. The lowest BCUT2D eigenvalue weighted by Crippen LogP contribution is -2.38. The van der Waals surface area contributed by atoms with E-state index in [1.54, 1.807) is 12.1 Å². The second-order valence-corrected chi connectivity index (χ2v) is 6.86. The minimum atomic E-state index is -3.43. The van der Waals surface area contributed by atoms with Gasteiger partial charge in [-0.25, -0.2) is 13.1 Å². The van der Waals surface area contributed by atoms with Crippen LogP contribution in [0.2, 0.25) is 0 Å². The first-order valence-electron chi connectivity index (χ1n) is 7.09. The molecule has 0 spiro atoms. The van der Waals surface area contributed by atoms with Gasteiger partial charge >= 0.3 is 0 Å². The van der Waals surface area contributed by atoms with E-state index in [2.05, 4.69) is 21.9 Å². The highest BCUT2D eigenvalue weighted by molar-refractivity contribution is 7.89. The van der Waals surface area contributed by atoms with Gasteiger partial charge in [0.1, 0.15) is 4.90 Å². The summed E-state index contributed by atoms with van der Waals surface area (Å²) >= 11 is 0. The first-order valence-corrected chi connectivity index (χ1v) is 8.57. The third-order valence-electron chi connectivity index (χ3n) is 3.75. The Bertz CT molecular complexity index is 539. The summed E-state index contributed by atoms with van der Waals surface area (Å²) < 4.78 is 26.7. The standard InChI is InChI=1S/C14H23N3O2S/c1-3-17(11-12-7-6-10-16-12)13-8-4-5-9-14(13)20(18,19)15-2/h4-5,8-9,12,15-16H,3,6-7,10-11H2,1-2H3. The van der Waals surface area contributed by atoms with E-state index < -0.39 is 10.0 Å². The quantitative estimate of drug-likeness (QED) is 0.827. The zero-order valence-corrected chi connectivity index (χ0v) is 12.9. The second kappa shape index (κ2) is 6.56. The molecule has 0 amide bonds. The fraction of sp³-hybridized carbons (Fsp3) is 0.571. The predicted octanol–water partition coefficient (Wildman–Crippen LogP) is 1.17. The van der Waals surface area contributed by atoms with Gasteiger partial charge < -0.3 is 10.2 Å². The van der Waals surface area contributed by atoms with E-state index >= 15 is 0 Å². The number of nitrogens with one attached hydrogen (secondary N) is 2. The lowest BCUT2D eigenvalue weighted by atomic mass is 10.2. The van der Waals surface area contributed by atoms with Crippen LogP contribution >= 0.6 is 0 Å². The van der Waals surface area contributed by atoms with E-state index in [4.69, 9.17) is 0 Å². The molecule has 1 saturated heterocycles. The SMILES string of the molecule is CCN(CC1CCCN1)c1ccccc1S(=O)(=O)NC. The number of benzene rings is 1. The van der Waals surface area contributed by atoms with Crippen molar-refractivity contribution in [2.24, 2.45) is 0 Å². The molecule has 0 aliphatic carbocycles. The van der Waals surface area contributed by atoms with Gasteiger partial charge in [-0.3, -0.25) is 0 Å². The Labute approximate surface area is 121 Å². The van der Waals surface area contributed by atoms with Gasteiger partial charge in [-0.2, -0.15) is 0 Å². The molecular formula is C14H23N3O2S. The molecule has 6 heteroatoms. The maximum absolute atomic E-state index is 12.1. The van der Waals surface area contributed by atoms with Crippen LogP contribution in [0.3, 0.4) is 0 Å². The van der Waals surface area contributed by atoms with E-state index in [1.165, 1.54) is 13.5 Å². The molecule has 112 valence electrons. The molecule has 20 heavy (non-hydrogen) atoms. The molecule has 0 saturated carbocycles. The van der Waals surface area contributed by atoms with Gasteiger partial charge in [-0.05, 0) is 45.5 Å². The molecule has 0 bridgehead atoms. The van der Waals surface area contributed by atoms with Crippen molar-refractivity contribution in [1.82, 2.24) is 10.0 Å². The summed E-state index contributed by atoms with van der Waals surface area (Å²) in [7, 11) is -1.98. The first-order chi connectivity index (χ1) is 9.58. The van der Waals surface area contributed by atoms with E-state index in [1.807, 2.05) is 12.1 Å². The van der Waals surface area contributed by atoms with Gasteiger partial charge in [0.25, 0.3) is 0 Å². The molecule has 0 radical (unpaired) electrons. The molecule has 2 N–H and O–H groups in total. The van der Waals surface area contributed by atoms with Gasteiger partial charge in [0.2, 0.25) is 10.0 Å². The van der Waals surface area contributed by atoms with Crippen molar-refractivity contribution in [1.29, 1.82) is 0 Å². The van der Waals surface area contributed by atoms with Crippen molar-refractivity contribution in [2.75, 3.05) is 31.6 Å². The Morgan fingerprint density at radius 1 is 1.40 bits per heavy atom. The summed E-state index contributed by atoms with van der Waals surface area (Å²) in [6, 6.07) is 7.62. The van der Waals surface area contributed by atoms with E-state index in [0.717, 1.165) is 31.7 Å². The zero-order chi connectivity index (χ0) is 14.6. The molecule has 1 aromatic rings. The minimum Gasteiger partial charge on any atom is -0.369 e. The predicted molar refractivity (Wildman–Crippen MR) is 81.6 cm³/mol. The topological polar surface area (TPSA) is 61.4 Å². The Kier molecular flexibility index (Phi) is 5.01. The van der Waals surface area contributed by atoms with Crippen LogP contribution in [0.5, 0.6) is 0 Å². The van der Waals surface area contributed by atoms with Gasteiger partial charge in [-0.15, -0.1) is 0 Å². The average molecular weight is 297 g/mol. The molecule has 1 aliphatic heterocycles. The Balaban J connectivity index is 2.29. The second-order valence-electron chi connectivity index (χ2n) is 5.01. The van der Waals surface area contributed by atoms with Crippen molar-refractivity contribution < 1.29 is 8.42 Å². The van der Waals surface area contributed by atoms with Crippen LogP contribution in [-0.2, 0) is 10.0 Å². The number of nitrogens with zero attached hydrogens (tertiary/aromatic N) is 1. The molecule has 0 aromatic heterocycles. The summed E-state index contributed by atoms with van der Waals surface area (Å²) in [5.74, 6) is 0. The molecule has 5 nitrogen and oxygen atoms in total. The number of hydrogen-bond donors (Lipinski definition) is 2. The highest BCUT2D eigenvalue weighted by Crippen LogP contribution is 2.25. The van der Waals surface area contributed by atoms with Crippen LogP contribution in [0.25, 0.3) is 0 Å². The summed E-state index contributed by atoms with van der Waals surface area (Å²) in [4.78, 5) is 2.48. The van der Waals surface area contributed by atoms with E-state index in [9.17, 15) is 8.42 Å². The summed E-state index contributed by atoms with van der Waals surface area (Å²) in [6.07, 6.45) is 2.34. The van der Waals surface area contributed by atoms with Crippen molar-refractivity contribution in [2.45, 2.75) is 30.7 Å². The monoisotopic (exact) mass is 297 g/mol. The van der Waals surface area contributed by atoms with Crippen LogP contribution < -0.4 is 14.9 Å². The molecule has 1 unspecified atom stereocenters. The van der Waals surface area contributed by atoms with Crippen LogP contribution in [0.4, 0.5) is 5.69 Å². The first kappa shape index (κ1) is 15.3. The average Bonchev–Trinajstić information content (AvgIpc) is 2.98. The van der Waals surface area contributed by atoms with Gasteiger partial charge in [0.15, 0.2) is 0 Å². The van der Waals surface area contributed by atoms with Gasteiger partial charge in [-0.1, -0.05) is 12.1 Å². The molecule has 1 aromatic carbocycles. The number of sulfonamides is 1. The Morgan fingerprint density at radius 2 is 2.15 bits per heavy atom. The highest BCUT2D eigenvalue weighted by Gasteiger charge is 2.22. The normalized spacial score (nSPS) is 19.2. The van der Waals surface area contributed by atoms with Crippen molar-refractivity contribution in [3.05, 3.63) is 24.3 Å². The maximum atomic E-state index is 12.1. The van der Waals surface area contributed by atoms with Crippen molar-refractivity contribution >= 4 is 15.7 Å². The molecule has 1 atom stereocenters. The van der Waals surface area contributed by atoms with Crippen LogP contribution in [0, 0.1) is 0 Å². The molecule has 2 rings (SSSR count). The lowest BCUT2D eigenvalue weighted by Gasteiger charge is -2.28. The fourth-order valence-electron chi connectivity index (χ4n) is 2.63. The maximum Gasteiger partial charge on any atom is 0.242 e. The van der Waals surface area contributed by atoms with Crippen molar-refractivity contribution in [3.63, 3.8) is 0 Å². The van der Waals surface area contributed by atoms with Crippen LogP contribution in [0.15, 0.2) is 29.2 Å². The molecular weight excluding hydrogens is 274 g/mol. The third kappa shape index (κ3) is 3.31. The van der Waals surface area contributed by atoms with E-state index in [-0.39, 0.29) is 0 Å². The number of hydrogen-bond acceptors (Lipinski definition) is 4. The van der Waals surface area contributed by atoms with Gasteiger partial charge in [0, 0.05) is 19.1 Å². The molecule has 1 fully saturated rings. The van der Waals surface area contributed by atoms with Crippen LogP contribution in [0.1, 0.15) is 19.8 Å². The number of rotatable bonds is 6. The van der Waals surface area contributed by atoms with E-state index in [0.29, 0.717) is 10.9 Å².